The lowest BCUT2D eigenvalue weighted by Crippen LogP contribution is -2.29. The number of aryl methyl sites for hydroxylation is 2. The molecule has 0 saturated heterocycles. The Kier molecular flexibility index (Phi) is 3.57. The van der Waals surface area contributed by atoms with Crippen LogP contribution in [-0.2, 0) is 0 Å². The summed E-state index contributed by atoms with van der Waals surface area (Å²) in [6.45, 7) is 3.79. The Morgan fingerprint density at radius 3 is 2.59 bits per heavy atom. The molecule has 0 fully saturated rings. The molecule has 0 aliphatic heterocycles. The van der Waals surface area contributed by atoms with E-state index in [1.54, 1.807) is 24.3 Å². The fraction of sp³-hybridized carbons (Fsp3) is 0.231. The van der Waals surface area contributed by atoms with Crippen molar-refractivity contribution in [1.82, 2.24) is 5.43 Å². The van der Waals surface area contributed by atoms with Gasteiger partial charge < -0.3 is 0 Å². The molecular formula is C13H15FN2S. The van der Waals surface area contributed by atoms with Crippen molar-refractivity contribution in [2.24, 2.45) is 5.84 Å². The first kappa shape index (κ1) is 12.2. The predicted octanol–water partition coefficient (Wildman–Crippen LogP) is 3.06. The SMILES string of the molecule is Cc1ccc(C(NN)c2ccsc2C)cc1F. The number of nitrogens with one attached hydrogen (secondary N) is 1. The van der Waals surface area contributed by atoms with Crippen LogP contribution in [0.5, 0.6) is 0 Å². The van der Waals surface area contributed by atoms with E-state index in [4.69, 9.17) is 5.84 Å². The molecule has 0 aliphatic rings. The van der Waals surface area contributed by atoms with Gasteiger partial charge in [-0.3, -0.25) is 5.84 Å². The topological polar surface area (TPSA) is 38.0 Å². The third kappa shape index (κ3) is 2.39. The van der Waals surface area contributed by atoms with Gasteiger partial charge in [0.25, 0.3) is 0 Å². The Morgan fingerprint density at radius 1 is 1.29 bits per heavy atom. The summed E-state index contributed by atoms with van der Waals surface area (Å²) in [5, 5.41) is 2.01. The highest BCUT2D eigenvalue weighted by molar-refractivity contribution is 7.10. The molecule has 2 rings (SSSR count). The van der Waals surface area contributed by atoms with E-state index in [-0.39, 0.29) is 11.9 Å². The lowest BCUT2D eigenvalue weighted by atomic mass is 9.99. The van der Waals surface area contributed by atoms with Crippen LogP contribution in [0.15, 0.2) is 29.6 Å². The lowest BCUT2D eigenvalue weighted by Gasteiger charge is -2.17. The van der Waals surface area contributed by atoms with Gasteiger partial charge in [0.15, 0.2) is 0 Å². The van der Waals surface area contributed by atoms with Crippen LogP contribution in [0, 0.1) is 19.7 Å². The maximum absolute atomic E-state index is 13.6. The third-order valence-electron chi connectivity index (χ3n) is 2.91. The molecule has 2 aromatic rings. The van der Waals surface area contributed by atoms with Crippen molar-refractivity contribution in [3.8, 4) is 0 Å². The van der Waals surface area contributed by atoms with Gasteiger partial charge in [-0.2, -0.15) is 0 Å². The molecule has 90 valence electrons. The number of thiophene rings is 1. The first-order chi connectivity index (χ1) is 8.13. The summed E-state index contributed by atoms with van der Waals surface area (Å²) in [5.41, 5.74) is 5.34. The number of hydrogen-bond acceptors (Lipinski definition) is 3. The molecule has 0 radical (unpaired) electrons. The van der Waals surface area contributed by atoms with E-state index >= 15 is 0 Å². The second kappa shape index (κ2) is 4.96. The summed E-state index contributed by atoms with van der Waals surface area (Å²) >= 11 is 1.66. The van der Waals surface area contributed by atoms with Crippen molar-refractivity contribution in [2.75, 3.05) is 0 Å². The Labute approximate surface area is 104 Å². The molecule has 0 bridgehead atoms. The summed E-state index contributed by atoms with van der Waals surface area (Å²) in [6.07, 6.45) is 0. The molecule has 1 unspecified atom stereocenters. The first-order valence-corrected chi connectivity index (χ1v) is 6.27. The van der Waals surface area contributed by atoms with Gasteiger partial charge >= 0.3 is 0 Å². The minimum atomic E-state index is -0.198. The van der Waals surface area contributed by atoms with Gasteiger partial charge in [-0.25, -0.2) is 9.82 Å². The summed E-state index contributed by atoms with van der Waals surface area (Å²) in [6, 6.07) is 7.08. The molecule has 4 heteroatoms. The van der Waals surface area contributed by atoms with Crippen molar-refractivity contribution in [3.05, 3.63) is 57.0 Å². The highest BCUT2D eigenvalue weighted by Crippen LogP contribution is 2.28. The molecule has 0 aliphatic carbocycles. The third-order valence-corrected chi connectivity index (χ3v) is 3.77. The highest BCUT2D eigenvalue weighted by Gasteiger charge is 2.16. The summed E-state index contributed by atoms with van der Waals surface area (Å²) in [4.78, 5) is 1.19. The van der Waals surface area contributed by atoms with Crippen LogP contribution in [-0.4, -0.2) is 0 Å². The predicted molar refractivity (Wildman–Crippen MR) is 69.4 cm³/mol. The van der Waals surface area contributed by atoms with Crippen molar-refractivity contribution < 1.29 is 4.39 Å². The first-order valence-electron chi connectivity index (χ1n) is 5.39. The number of benzene rings is 1. The fourth-order valence-corrected chi connectivity index (χ4v) is 2.59. The van der Waals surface area contributed by atoms with Crippen LogP contribution in [0.25, 0.3) is 0 Å². The van der Waals surface area contributed by atoms with Crippen LogP contribution in [0.2, 0.25) is 0 Å². The van der Waals surface area contributed by atoms with Crippen molar-refractivity contribution in [3.63, 3.8) is 0 Å². The van der Waals surface area contributed by atoms with Gasteiger partial charge in [-0.15, -0.1) is 11.3 Å². The molecule has 17 heavy (non-hydrogen) atoms. The molecule has 2 nitrogen and oxygen atoms in total. The van der Waals surface area contributed by atoms with E-state index in [0.29, 0.717) is 5.56 Å². The van der Waals surface area contributed by atoms with E-state index < -0.39 is 0 Å². The molecule has 0 amide bonds. The summed E-state index contributed by atoms with van der Waals surface area (Å²) in [5.74, 6) is 5.39. The van der Waals surface area contributed by atoms with Crippen LogP contribution in [0.4, 0.5) is 4.39 Å². The molecule has 1 heterocycles. The Bertz CT molecular complexity index is 522. The Balaban J connectivity index is 2.42. The second-order valence-electron chi connectivity index (χ2n) is 4.04. The molecular weight excluding hydrogens is 235 g/mol. The maximum Gasteiger partial charge on any atom is 0.126 e. The van der Waals surface area contributed by atoms with Gasteiger partial charge in [0.1, 0.15) is 5.82 Å². The number of rotatable bonds is 3. The monoisotopic (exact) mass is 250 g/mol. The number of hydrogen-bond donors (Lipinski definition) is 2. The zero-order valence-corrected chi connectivity index (χ0v) is 10.6. The molecule has 1 aromatic carbocycles. The standard InChI is InChI=1S/C13H15FN2S/c1-8-3-4-10(7-12(8)14)13(16-15)11-5-6-17-9(11)2/h3-7,13,16H,15H2,1-2H3. The number of nitrogens with two attached hydrogens (primary N) is 1. The van der Waals surface area contributed by atoms with Crippen LogP contribution in [0.3, 0.4) is 0 Å². The smallest absolute Gasteiger partial charge is 0.126 e. The molecule has 3 N–H and O–H groups in total. The lowest BCUT2D eigenvalue weighted by molar-refractivity contribution is 0.598. The van der Waals surface area contributed by atoms with Gasteiger partial charge in [-0.05, 0) is 48.1 Å². The van der Waals surface area contributed by atoms with Crippen LogP contribution >= 0.6 is 11.3 Å². The van der Waals surface area contributed by atoms with Crippen molar-refractivity contribution in [1.29, 1.82) is 0 Å². The average Bonchev–Trinajstić information content (AvgIpc) is 2.71. The zero-order valence-electron chi connectivity index (χ0n) is 9.83. The largest absolute Gasteiger partial charge is 0.271 e. The Hall–Kier alpha value is -1.23. The van der Waals surface area contributed by atoms with E-state index in [0.717, 1.165) is 11.1 Å². The van der Waals surface area contributed by atoms with Crippen LogP contribution in [0.1, 0.15) is 27.6 Å². The second-order valence-corrected chi connectivity index (χ2v) is 5.16. The summed E-state index contributed by atoms with van der Waals surface area (Å²) < 4.78 is 13.6. The quantitative estimate of drug-likeness (QED) is 0.649. The van der Waals surface area contributed by atoms with E-state index in [2.05, 4.69) is 5.43 Å². The highest BCUT2D eigenvalue weighted by atomic mass is 32.1. The Morgan fingerprint density at radius 2 is 2.06 bits per heavy atom. The molecule has 1 aromatic heterocycles. The number of hydrazine groups is 1. The van der Waals surface area contributed by atoms with Crippen molar-refractivity contribution >= 4 is 11.3 Å². The minimum Gasteiger partial charge on any atom is -0.271 e. The molecule has 0 saturated carbocycles. The maximum atomic E-state index is 13.6. The van der Waals surface area contributed by atoms with Crippen LogP contribution < -0.4 is 11.3 Å². The van der Waals surface area contributed by atoms with Gasteiger partial charge in [0.05, 0.1) is 6.04 Å². The fourth-order valence-electron chi connectivity index (χ4n) is 1.85. The van der Waals surface area contributed by atoms with Crippen molar-refractivity contribution in [2.45, 2.75) is 19.9 Å². The molecule has 1 atom stereocenters. The number of halogens is 1. The van der Waals surface area contributed by atoms with Gasteiger partial charge in [0.2, 0.25) is 0 Å². The van der Waals surface area contributed by atoms with E-state index in [1.165, 1.54) is 10.9 Å². The molecule has 0 spiro atoms. The summed E-state index contributed by atoms with van der Waals surface area (Å²) in [7, 11) is 0. The minimum absolute atomic E-state index is 0.156. The normalized spacial score (nSPS) is 12.7. The van der Waals surface area contributed by atoms with E-state index in [9.17, 15) is 4.39 Å². The van der Waals surface area contributed by atoms with Gasteiger partial charge in [0, 0.05) is 4.88 Å². The van der Waals surface area contributed by atoms with Gasteiger partial charge in [-0.1, -0.05) is 12.1 Å². The average molecular weight is 250 g/mol. The zero-order chi connectivity index (χ0) is 12.4. The van der Waals surface area contributed by atoms with E-state index in [1.807, 2.05) is 24.4 Å².